The lowest BCUT2D eigenvalue weighted by Gasteiger charge is -2.22. The van der Waals surface area contributed by atoms with Gasteiger partial charge in [0.05, 0.1) is 22.5 Å². The number of hydrogen-bond donors (Lipinski definition) is 2. The van der Waals surface area contributed by atoms with Gasteiger partial charge in [-0.25, -0.2) is 16.8 Å². The molecule has 0 bridgehead atoms. The van der Waals surface area contributed by atoms with Gasteiger partial charge < -0.3 is 5.32 Å². The van der Waals surface area contributed by atoms with Crippen LogP contribution in [0.4, 0.5) is 17.1 Å². The molecular formula is C28H29N3O5S2. The Morgan fingerprint density at radius 1 is 0.816 bits per heavy atom. The number of hydrogen-bond acceptors (Lipinski definition) is 5. The lowest BCUT2D eigenvalue weighted by molar-refractivity contribution is -0.116. The van der Waals surface area contributed by atoms with Gasteiger partial charge in [0, 0.05) is 24.0 Å². The summed E-state index contributed by atoms with van der Waals surface area (Å²) in [6.45, 7) is 2.08. The number of carbonyl (C=O) groups is 1. The molecule has 0 aromatic heterocycles. The molecule has 2 N–H and O–H groups in total. The standard InChI is InChI=1S/C28H29N3O5S2/c1-21-12-16-24(17-13-21)31(37(2,33)34)20-6-11-28(32)29-23-14-18-25(19-15-23)38(35,36)30-27-10-5-8-22-7-3-4-9-26(22)27/h3-5,7-10,12-19,30H,6,11,20H2,1-2H3,(H,29,32). The predicted molar refractivity (Wildman–Crippen MR) is 152 cm³/mol. The third-order valence-electron chi connectivity index (χ3n) is 5.97. The van der Waals surface area contributed by atoms with Crippen molar-refractivity contribution in [2.45, 2.75) is 24.7 Å². The Bertz CT molecular complexity index is 1650. The highest BCUT2D eigenvalue weighted by Gasteiger charge is 2.18. The molecule has 198 valence electrons. The second kappa shape index (κ2) is 11.2. The molecule has 1 amide bonds. The summed E-state index contributed by atoms with van der Waals surface area (Å²) >= 11 is 0. The van der Waals surface area contributed by atoms with E-state index in [4.69, 9.17) is 0 Å². The highest BCUT2D eigenvalue weighted by atomic mass is 32.2. The van der Waals surface area contributed by atoms with Gasteiger partial charge in [0.25, 0.3) is 10.0 Å². The molecule has 8 nitrogen and oxygen atoms in total. The molecule has 4 aromatic rings. The van der Waals surface area contributed by atoms with Crippen molar-refractivity contribution in [1.82, 2.24) is 0 Å². The minimum atomic E-state index is -3.84. The largest absolute Gasteiger partial charge is 0.326 e. The molecule has 0 heterocycles. The zero-order valence-electron chi connectivity index (χ0n) is 21.1. The van der Waals surface area contributed by atoms with E-state index in [1.807, 2.05) is 49.4 Å². The van der Waals surface area contributed by atoms with Gasteiger partial charge in [-0.3, -0.25) is 13.8 Å². The lowest BCUT2D eigenvalue weighted by atomic mass is 10.1. The molecule has 0 unspecified atom stereocenters. The first-order chi connectivity index (χ1) is 18.0. The first kappa shape index (κ1) is 27.2. The van der Waals surface area contributed by atoms with E-state index in [0.29, 0.717) is 23.5 Å². The van der Waals surface area contributed by atoms with Gasteiger partial charge in [0.15, 0.2) is 0 Å². The zero-order valence-corrected chi connectivity index (χ0v) is 22.7. The Labute approximate surface area is 223 Å². The molecule has 0 aliphatic carbocycles. The Morgan fingerprint density at radius 3 is 2.16 bits per heavy atom. The van der Waals surface area contributed by atoms with Gasteiger partial charge in [-0.05, 0) is 61.2 Å². The summed E-state index contributed by atoms with van der Waals surface area (Å²) in [4.78, 5) is 12.5. The smallest absolute Gasteiger partial charge is 0.261 e. The fraction of sp³-hybridized carbons (Fsp3) is 0.179. The third kappa shape index (κ3) is 6.70. The van der Waals surface area contributed by atoms with Crippen LogP contribution in [0.15, 0.2) is 95.9 Å². The number of nitrogens with one attached hydrogen (secondary N) is 2. The maximum Gasteiger partial charge on any atom is 0.261 e. The summed E-state index contributed by atoms with van der Waals surface area (Å²) in [7, 11) is -7.34. The van der Waals surface area contributed by atoms with Crippen molar-refractivity contribution in [3.8, 4) is 0 Å². The van der Waals surface area contributed by atoms with Crippen LogP contribution < -0.4 is 14.3 Å². The second-order valence-corrected chi connectivity index (χ2v) is 12.6. The summed E-state index contributed by atoms with van der Waals surface area (Å²) < 4.78 is 54.3. The van der Waals surface area contributed by atoms with Crippen LogP contribution in [0, 0.1) is 6.92 Å². The van der Waals surface area contributed by atoms with Crippen molar-refractivity contribution in [2.75, 3.05) is 27.1 Å². The molecule has 38 heavy (non-hydrogen) atoms. The van der Waals surface area contributed by atoms with Crippen LogP contribution in [0.5, 0.6) is 0 Å². The molecule has 0 fully saturated rings. The van der Waals surface area contributed by atoms with Crippen LogP contribution in [-0.4, -0.2) is 35.5 Å². The number of sulfonamides is 2. The molecular weight excluding hydrogens is 522 g/mol. The van der Waals surface area contributed by atoms with Crippen LogP contribution in [0.25, 0.3) is 10.8 Å². The van der Waals surface area contributed by atoms with Crippen LogP contribution in [-0.2, 0) is 24.8 Å². The van der Waals surface area contributed by atoms with Gasteiger partial charge in [0.2, 0.25) is 15.9 Å². The summed E-state index contributed by atoms with van der Waals surface area (Å²) in [6, 6.07) is 25.9. The number of anilines is 3. The molecule has 4 aromatic carbocycles. The quantitative estimate of drug-likeness (QED) is 0.284. The van der Waals surface area contributed by atoms with Crippen molar-refractivity contribution in [1.29, 1.82) is 0 Å². The number of amides is 1. The molecule has 0 aliphatic rings. The van der Waals surface area contributed by atoms with Crippen LogP contribution in [0.1, 0.15) is 18.4 Å². The maximum atomic E-state index is 12.9. The summed E-state index contributed by atoms with van der Waals surface area (Å²) in [5.74, 6) is -0.299. The Morgan fingerprint density at radius 2 is 1.47 bits per heavy atom. The molecule has 0 aliphatic heterocycles. The van der Waals surface area contributed by atoms with Gasteiger partial charge in [-0.15, -0.1) is 0 Å². The van der Waals surface area contributed by atoms with Crippen molar-refractivity contribution in [3.63, 3.8) is 0 Å². The van der Waals surface area contributed by atoms with E-state index in [2.05, 4.69) is 10.0 Å². The average molecular weight is 552 g/mol. The van der Waals surface area contributed by atoms with Crippen LogP contribution >= 0.6 is 0 Å². The van der Waals surface area contributed by atoms with Crippen molar-refractivity contribution < 1.29 is 21.6 Å². The van der Waals surface area contributed by atoms with Gasteiger partial charge in [-0.2, -0.15) is 0 Å². The Balaban J connectivity index is 1.36. The number of carbonyl (C=O) groups excluding carboxylic acids is 1. The molecule has 0 atom stereocenters. The first-order valence-corrected chi connectivity index (χ1v) is 15.3. The van der Waals surface area contributed by atoms with Crippen LogP contribution in [0.3, 0.4) is 0 Å². The van der Waals surface area contributed by atoms with Gasteiger partial charge in [0.1, 0.15) is 0 Å². The SMILES string of the molecule is Cc1ccc(N(CCCC(=O)Nc2ccc(S(=O)(=O)Nc3cccc4ccccc34)cc2)S(C)(=O)=O)cc1. The van der Waals surface area contributed by atoms with Gasteiger partial charge >= 0.3 is 0 Å². The predicted octanol–water partition coefficient (Wildman–Crippen LogP) is 5.13. The molecule has 4 rings (SSSR count). The normalized spacial score (nSPS) is 11.7. The third-order valence-corrected chi connectivity index (χ3v) is 8.55. The maximum absolute atomic E-state index is 12.9. The first-order valence-electron chi connectivity index (χ1n) is 12.0. The van der Waals surface area contributed by atoms with E-state index < -0.39 is 20.0 Å². The van der Waals surface area contributed by atoms with E-state index >= 15 is 0 Å². The highest BCUT2D eigenvalue weighted by Crippen LogP contribution is 2.26. The van der Waals surface area contributed by atoms with E-state index in [-0.39, 0.29) is 23.8 Å². The number of rotatable bonds is 10. The van der Waals surface area contributed by atoms with Gasteiger partial charge in [-0.1, -0.05) is 54.1 Å². The molecule has 10 heteroatoms. The van der Waals surface area contributed by atoms with Crippen LogP contribution in [0.2, 0.25) is 0 Å². The summed E-state index contributed by atoms with van der Waals surface area (Å²) in [6.07, 6.45) is 1.55. The van der Waals surface area contributed by atoms with Crippen molar-refractivity contribution >= 4 is 53.8 Å². The minimum absolute atomic E-state index is 0.0605. The number of nitrogens with zero attached hydrogens (tertiary/aromatic N) is 1. The summed E-state index contributed by atoms with van der Waals surface area (Å²) in [5.41, 5.74) is 2.49. The monoisotopic (exact) mass is 551 g/mol. The Kier molecular flexibility index (Phi) is 8.03. The lowest BCUT2D eigenvalue weighted by Crippen LogP contribution is -2.31. The van der Waals surface area contributed by atoms with E-state index in [1.165, 1.54) is 28.6 Å². The summed E-state index contributed by atoms with van der Waals surface area (Å²) in [5, 5.41) is 4.44. The number of benzene rings is 4. The molecule has 0 saturated carbocycles. The Hall–Kier alpha value is -3.89. The van der Waals surface area contributed by atoms with Crippen molar-refractivity contribution in [3.05, 3.63) is 96.6 Å². The topological polar surface area (TPSA) is 113 Å². The fourth-order valence-corrected chi connectivity index (χ4v) is 6.08. The fourth-order valence-electron chi connectivity index (χ4n) is 4.04. The van der Waals surface area contributed by atoms with E-state index in [1.54, 1.807) is 24.3 Å². The van der Waals surface area contributed by atoms with E-state index in [9.17, 15) is 21.6 Å². The minimum Gasteiger partial charge on any atom is -0.326 e. The molecule has 0 saturated heterocycles. The number of fused-ring (bicyclic) bond motifs is 1. The zero-order chi connectivity index (χ0) is 27.3. The average Bonchev–Trinajstić information content (AvgIpc) is 2.87. The highest BCUT2D eigenvalue weighted by molar-refractivity contribution is 7.92. The molecule has 0 radical (unpaired) electrons. The van der Waals surface area contributed by atoms with Crippen molar-refractivity contribution in [2.24, 2.45) is 0 Å². The number of aryl methyl sites for hydroxylation is 1. The van der Waals surface area contributed by atoms with E-state index in [0.717, 1.165) is 22.6 Å². The molecule has 0 spiro atoms. The second-order valence-electron chi connectivity index (χ2n) is 8.98.